The minimum atomic E-state index is -4.91. The van der Waals surface area contributed by atoms with Gasteiger partial charge in [-0.1, -0.05) is 211 Å². The van der Waals surface area contributed by atoms with Gasteiger partial charge < -0.3 is 44.6 Å². The summed E-state index contributed by atoms with van der Waals surface area (Å²) in [5.41, 5.74) is 0. The smallest absolute Gasteiger partial charge is 0.462 e. The summed E-state index contributed by atoms with van der Waals surface area (Å²) in [6.07, 6.45) is 36.0. The van der Waals surface area contributed by atoms with Crippen LogP contribution in [0.25, 0.3) is 0 Å². The standard InChI is InChI=1S/C51H94O16P2/c1-4-6-27-34-45(52)35-29-24-21-22-25-30-36-48(54)49(55)37-32-39-51(57)67-47(43-66-69(61,62)65-41-46(53)40-64-68(58,59)60)42-63-50(56)38-31-26-20-18-16-14-12-10-8-7-9-11-13-15-17-19-23-28-33-44(3)5-2/h21-22,24-25,29-30,35-36,44-49,52-55H,4-20,23,26-28,31-34,37-43H2,1-3H3,(H,61,62)(H2,58,59,60)/b24-21-,25-22+,35-29+,36-30+/t44?,45-,46-,47+,48-,49-/m0/s1. The number of ether oxygens (including phenoxy) is 2. The van der Waals surface area contributed by atoms with Gasteiger partial charge in [-0.3, -0.25) is 23.2 Å². The van der Waals surface area contributed by atoms with Crippen LogP contribution >= 0.6 is 15.6 Å². The molecule has 69 heavy (non-hydrogen) atoms. The molecule has 7 N–H and O–H groups in total. The van der Waals surface area contributed by atoms with Crippen molar-refractivity contribution in [2.24, 2.45) is 5.92 Å². The summed E-state index contributed by atoms with van der Waals surface area (Å²) in [5, 5.41) is 40.4. The zero-order valence-corrected chi connectivity index (χ0v) is 44.2. The van der Waals surface area contributed by atoms with Crippen LogP contribution in [0.3, 0.4) is 0 Å². The Morgan fingerprint density at radius 1 is 0.507 bits per heavy atom. The first kappa shape index (κ1) is 67.0. The third kappa shape index (κ3) is 46.8. The highest BCUT2D eigenvalue weighted by atomic mass is 31.2. The van der Waals surface area contributed by atoms with E-state index in [9.17, 15) is 44.0 Å². The number of unbranched alkanes of at least 4 members (excludes halogenated alkanes) is 19. The number of phosphoric acid groups is 2. The fraction of sp³-hybridized carbons (Fsp3) is 0.804. The van der Waals surface area contributed by atoms with Crippen molar-refractivity contribution in [2.75, 3.05) is 26.4 Å². The maximum atomic E-state index is 12.8. The van der Waals surface area contributed by atoms with Crippen molar-refractivity contribution in [1.29, 1.82) is 0 Å². The average molecular weight is 1030 g/mol. The molecular weight excluding hydrogens is 930 g/mol. The number of phosphoric ester groups is 2. The molecule has 0 heterocycles. The average Bonchev–Trinajstić information content (AvgIpc) is 3.30. The fourth-order valence-corrected chi connectivity index (χ4v) is 8.28. The van der Waals surface area contributed by atoms with E-state index in [1.165, 1.54) is 102 Å². The van der Waals surface area contributed by atoms with Crippen molar-refractivity contribution < 1.29 is 76.9 Å². The highest BCUT2D eigenvalue weighted by molar-refractivity contribution is 7.47. The van der Waals surface area contributed by atoms with Crippen LogP contribution in [-0.2, 0) is 41.8 Å². The topological polar surface area (TPSA) is 256 Å². The molecule has 0 aromatic carbocycles. The van der Waals surface area contributed by atoms with Crippen LogP contribution in [0, 0.1) is 5.92 Å². The molecule has 0 bridgehead atoms. The monoisotopic (exact) mass is 1020 g/mol. The lowest BCUT2D eigenvalue weighted by molar-refractivity contribution is -0.161. The Hall–Kier alpha value is -2.04. The summed E-state index contributed by atoms with van der Waals surface area (Å²) in [7, 11) is -9.82. The number of aliphatic hydroxyl groups excluding tert-OH is 4. The first-order valence-electron chi connectivity index (χ1n) is 26.1. The van der Waals surface area contributed by atoms with E-state index in [-0.39, 0.29) is 25.7 Å². The summed E-state index contributed by atoms with van der Waals surface area (Å²) in [6, 6.07) is 0. The molecule has 0 rings (SSSR count). The van der Waals surface area contributed by atoms with Gasteiger partial charge in [-0.05, 0) is 31.6 Å². The fourth-order valence-electron chi connectivity index (χ4n) is 7.12. The van der Waals surface area contributed by atoms with Crippen molar-refractivity contribution >= 4 is 27.6 Å². The van der Waals surface area contributed by atoms with Crippen molar-refractivity contribution in [3.05, 3.63) is 48.6 Å². The summed E-state index contributed by atoms with van der Waals surface area (Å²) in [4.78, 5) is 53.0. The van der Waals surface area contributed by atoms with Crippen molar-refractivity contribution in [3.8, 4) is 0 Å². The molecule has 0 aromatic heterocycles. The Morgan fingerprint density at radius 2 is 0.971 bits per heavy atom. The van der Waals surface area contributed by atoms with Gasteiger partial charge in [-0.15, -0.1) is 0 Å². The second kappa shape index (κ2) is 44.6. The van der Waals surface area contributed by atoms with Gasteiger partial charge in [0.05, 0.1) is 38.1 Å². The van der Waals surface area contributed by atoms with E-state index in [4.69, 9.17) is 23.8 Å². The van der Waals surface area contributed by atoms with Gasteiger partial charge in [0.2, 0.25) is 0 Å². The molecule has 0 radical (unpaired) electrons. The molecule has 0 saturated heterocycles. The lowest BCUT2D eigenvalue weighted by atomic mass is 9.99. The summed E-state index contributed by atoms with van der Waals surface area (Å²) in [6.45, 7) is 3.67. The Labute approximate surface area is 415 Å². The number of esters is 2. The molecule has 0 spiro atoms. The molecule has 16 nitrogen and oxygen atoms in total. The Balaban J connectivity index is 4.64. The van der Waals surface area contributed by atoms with E-state index in [1.54, 1.807) is 42.5 Å². The molecule has 0 aliphatic rings. The number of carbonyl (C=O) groups is 2. The molecule has 404 valence electrons. The van der Waals surface area contributed by atoms with Gasteiger partial charge in [-0.25, -0.2) is 9.13 Å². The first-order valence-corrected chi connectivity index (χ1v) is 29.1. The van der Waals surface area contributed by atoms with E-state index in [0.717, 1.165) is 57.3 Å². The third-order valence-electron chi connectivity index (χ3n) is 11.6. The van der Waals surface area contributed by atoms with Gasteiger partial charge in [0.1, 0.15) is 12.7 Å². The van der Waals surface area contributed by atoms with Crippen molar-refractivity contribution in [2.45, 2.75) is 231 Å². The summed E-state index contributed by atoms with van der Waals surface area (Å²) < 4.78 is 47.7. The summed E-state index contributed by atoms with van der Waals surface area (Å²) in [5.74, 6) is -0.482. The van der Waals surface area contributed by atoms with Gasteiger partial charge in [0.25, 0.3) is 0 Å². The molecule has 7 atom stereocenters. The highest BCUT2D eigenvalue weighted by Crippen LogP contribution is 2.44. The van der Waals surface area contributed by atoms with E-state index in [0.29, 0.717) is 6.42 Å². The Bertz CT molecular complexity index is 1470. The molecule has 0 aliphatic carbocycles. The Morgan fingerprint density at radius 3 is 1.51 bits per heavy atom. The molecular formula is C51H94O16P2. The number of rotatable bonds is 48. The van der Waals surface area contributed by atoms with Crippen LogP contribution in [0.1, 0.15) is 201 Å². The highest BCUT2D eigenvalue weighted by Gasteiger charge is 2.28. The predicted molar refractivity (Wildman–Crippen MR) is 271 cm³/mol. The zero-order chi connectivity index (χ0) is 51.4. The quantitative estimate of drug-likeness (QED) is 0.0129. The minimum absolute atomic E-state index is 0.0265. The number of hydrogen-bond donors (Lipinski definition) is 7. The van der Waals surface area contributed by atoms with Gasteiger partial charge in [-0.2, -0.15) is 0 Å². The van der Waals surface area contributed by atoms with Crippen molar-refractivity contribution in [1.82, 2.24) is 0 Å². The third-order valence-corrected chi connectivity index (χ3v) is 13.1. The van der Waals surface area contributed by atoms with E-state index < -0.39 is 84.5 Å². The maximum Gasteiger partial charge on any atom is 0.472 e. The molecule has 0 aliphatic heterocycles. The molecule has 0 fully saturated rings. The maximum absolute atomic E-state index is 12.8. The van der Waals surface area contributed by atoms with Crippen molar-refractivity contribution in [3.63, 3.8) is 0 Å². The largest absolute Gasteiger partial charge is 0.472 e. The molecule has 0 aromatic rings. The van der Waals surface area contributed by atoms with E-state index in [2.05, 4.69) is 29.8 Å². The lowest BCUT2D eigenvalue weighted by Gasteiger charge is -2.21. The van der Waals surface area contributed by atoms with Crippen LogP contribution in [0.15, 0.2) is 48.6 Å². The predicted octanol–water partition coefficient (Wildman–Crippen LogP) is 11.0. The van der Waals surface area contributed by atoms with Gasteiger partial charge in [0.15, 0.2) is 6.10 Å². The van der Waals surface area contributed by atoms with Gasteiger partial charge in [0, 0.05) is 12.8 Å². The SMILES string of the molecule is CCCCC[C@H](O)/C=C/C=C\C=C\C=C\[C@H](O)[C@@H](O)CCCC(=O)O[C@H](COC(=O)CCCCCCCCCCCCCCCCCCCCC(C)CC)COP(=O)(O)OC[C@@H](O)COP(=O)(O)O. The Kier molecular flexibility index (Phi) is 43.3. The number of hydrogen-bond acceptors (Lipinski definition) is 13. The van der Waals surface area contributed by atoms with E-state index in [1.807, 2.05) is 0 Å². The number of allylic oxidation sites excluding steroid dienone is 6. The lowest BCUT2D eigenvalue weighted by Crippen LogP contribution is -2.30. The normalized spacial score (nSPS) is 16.0. The number of aliphatic hydroxyl groups is 4. The minimum Gasteiger partial charge on any atom is -0.462 e. The van der Waals surface area contributed by atoms with Crippen LogP contribution in [0.2, 0.25) is 0 Å². The van der Waals surface area contributed by atoms with Crippen LogP contribution in [0.5, 0.6) is 0 Å². The van der Waals surface area contributed by atoms with Crippen LogP contribution < -0.4 is 0 Å². The molecule has 0 saturated carbocycles. The molecule has 2 unspecified atom stereocenters. The number of carbonyl (C=O) groups excluding carboxylic acids is 2. The van der Waals surface area contributed by atoms with Gasteiger partial charge >= 0.3 is 27.6 Å². The van der Waals surface area contributed by atoms with Crippen LogP contribution in [0.4, 0.5) is 0 Å². The summed E-state index contributed by atoms with van der Waals surface area (Å²) >= 11 is 0. The van der Waals surface area contributed by atoms with E-state index >= 15 is 0 Å². The molecule has 0 amide bonds. The molecule has 18 heteroatoms. The first-order chi connectivity index (χ1) is 33.0. The zero-order valence-electron chi connectivity index (χ0n) is 42.4. The second-order valence-corrected chi connectivity index (χ2v) is 21.0. The van der Waals surface area contributed by atoms with Crippen LogP contribution in [-0.4, -0.2) is 104 Å². The second-order valence-electron chi connectivity index (χ2n) is 18.3.